The predicted molar refractivity (Wildman–Crippen MR) is 87.6 cm³/mol. The van der Waals surface area contributed by atoms with Crippen LogP contribution >= 0.6 is 0 Å². The number of rotatable bonds is 2. The lowest BCUT2D eigenvalue weighted by atomic mass is 10.1. The largest absolute Gasteiger partial charge is 0.346 e. The van der Waals surface area contributed by atoms with Gasteiger partial charge in [0, 0.05) is 36.3 Å². The zero-order valence-corrected chi connectivity index (χ0v) is 13.4. The highest BCUT2D eigenvalue weighted by atomic mass is 15.0. The van der Waals surface area contributed by atoms with Gasteiger partial charge in [-0.3, -0.25) is 0 Å². The molecule has 0 unspecified atom stereocenters. The van der Waals surface area contributed by atoms with Crippen LogP contribution in [0.2, 0.25) is 0 Å². The molecule has 0 aliphatic heterocycles. The second kappa shape index (κ2) is 4.41. The normalized spacial score (nSPS) is 12.4. The Kier molecular flexibility index (Phi) is 2.93. The molecule has 1 aromatic carbocycles. The summed E-state index contributed by atoms with van der Waals surface area (Å²) in [6.07, 6.45) is 0. The first kappa shape index (κ1) is 13.3. The molecule has 0 aliphatic carbocycles. The lowest BCUT2D eigenvalue weighted by molar-refractivity contribution is 0.746. The topological polar surface area (TPSA) is 9.86 Å². The van der Waals surface area contributed by atoms with E-state index in [2.05, 4.69) is 75.2 Å². The predicted octanol–water partition coefficient (Wildman–Crippen LogP) is 4.92. The molecule has 0 spiro atoms. The SMILES string of the molecule is CC(C)c1cc2ccc3cc(C(C)C)n(C)c3c2n1C. The number of aryl methyl sites for hydroxylation is 2. The molecule has 2 heterocycles. The highest BCUT2D eigenvalue weighted by Gasteiger charge is 2.16. The van der Waals surface area contributed by atoms with Crippen LogP contribution in [0.1, 0.15) is 50.9 Å². The maximum atomic E-state index is 2.37. The van der Waals surface area contributed by atoms with Crippen molar-refractivity contribution < 1.29 is 0 Å². The summed E-state index contributed by atoms with van der Waals surface area (Å²) in [6, 6.07) is 9.18. The Labute approximate surface area is 121 Å². The number of hydrogen-bond donors (Lipinski definition) is 0. The number of nitrogens with zero attached hydrogens (tertiary/aromatic N) is 2. The van der Waals surface area contributed by atoms with Gasteiger partial charge < -0.3 is 9.13 Å². The Hall–Kier alpha value is -1.70. The minimum atomic E-state index is 0.548. The molecule has 20 heavy (non-hydrogen) atoms. The number of aromatic nitrogens is 2. The zero-order chi connectivity index (χ0) is 14.6. The van der Waals surface area contributed by atoms with E-state index in [-0.39, 0.29) is 0 Å². The van der Waals surface area contributed by atoms with Crippen LogP contribution in [0.15, 0.2) is 24.3 Å². The Balaban J connectivity index is 2.46. The van der Waals surface area contributed by atoms with Gasteiger partial charge in [0.25, 0.3) is 0 Å². The average Bonchev–Trinajstić information content (AvgIpc) is 2.88. The van der Waals surface area contributed by atoms with Crippen LogP contribution in [0.3, 0.4) is 0 Å². The Morgan fingerprint density at radius 3 is 1.35 bits per heavy atom. The Morgan fingerprint density at radius 2 is 1.05 bits per heavy atom. The van der Waals surface area contributed by atoms with Crippen molar-refractivity contribution in [1.82, 2.24) is 9.13 Å². The Bertz CT molecular complexity index is 717. The van der Waals surface area contributed by atoms with Crippen LogP contribution in [-0.4, -0.2) is 9.13 Å². The zero-order valence-electron chi connectivity index (χ0n) is 13.4. The molecular weight excluding hydrogens is 244 g/mol. The van der Waals surface area contributed by atoms with Crippen molar-refractivity contribution in [3.05, 3.63) is 35.7 Å². The summed E-state index contributed by atoms with van der Waals surface area (Å²) in [5, 5.41) is 2.69. The van der Waals surface area contributed by atoms with Crippen molar-refractivity contribution >= 4 is 21.8 Å². The van der Waals surface area contributed by atoms with Gasteiger partial charge in [-0.1, -0.05) is 39.8 Å². The van der Waals surface area contributed by atoms with Gasteiger partial charge in [-0.25, -0.2) is 0 Å². The first-order chi connectivity index (χ1) is 9.41. The summed E-state index contributed by atoms with van der Waals surface area (Å²) in [6.45, 7) is 9.04. The van der Waals surface area contributed by atoms with Crippen molar-refractivity contribution in [2.24, 2.45) is 14.1 Å². The second-order valence-corrected chi connectivity index (χ2v) is 6.51. The van der Waals surface area contributed by atoms with Gasteiger partial charge in [-0.2, -0.15) is 0 Å². The van der Waals surface area contributed by atoms with Gasteiger partial charge >= 0.3 is 0 Å². The van der Waals surface area contributed by atoms with E-state index in [4.69, 9.17) is 0 Å². The molecule has 0 aliphatic rings. The van der Waals surface area contributed by atoms with E-state index in [1.54, 1.807) is 0 Å². The third-order valence-corrected chi connectivity index (χ3v) is 4.45. The van der Waals surface area contributed by atoms with Crippen molar-refractivity contribution in [2.75, 3.05) is 0 Å². The van der Waals surface area contributed by atoms with Crippen molar-refractivity contribution in [3.63, 3.8) is 0 Å². The van der Waals surface area contributed by atoms with E-state index in [0.29, 0.717) is 11.8 Å². The molecule has 0 saturated heterocycles. The van der Waals surface area contributed by atoms with Gasteiger partial charge in [-0.15, -0.1) is 0 Å². The first-order valence-corrected chi connectivity index (χ1v) is 7.49. The maximum absolute atomic E-state index is 2.37. The van der Waals surface area contributed by atoms with E-state index >= 15 is 0 Å². The van der Waals surface area contributed by atoms with E-state index in [1.807, 2.05) is 0 Å². The summed E-state index contributed by atoms with van der Waals surface area (Å²) >= 11 is 0. The fourth-order valence-electron chi connectivity index (χ4n) is 3.43. The fraction of sp³-hybridized carbons (Fsp3) is 0.444. The highest BCUT2D eigenvalue weighted by molar-refractivity contribution is 6.05. The van der Waals surface area contributed by atoms with E-state index in [1.165, 1.54) is 33.2 Å². The molecule has 3 aromatic rings. The third-order valence-electron chi connectivity index (χ3n) is 4.45. The van der Waals surface area contributed by atoms with Gasteiger partial charge in [0.05, 0.1) is 11.0 Å². The van der Waals surface area contributed by atoms with Crippen LogP contribution in [0.25, 0.3) is 21.8 Å². The second-order valence-electron chi connectivity index (χ2n) is 6.51. The molecule has 0 atom stereocenters. The fourth-order valence-corrected chi connectivity index (χ4v) is 3.43. The summed E-state index contributed by atoms with van der Waals surface area (Å²) in [7, 11) is 4.39. The summed E-state index contributed by atoms with van der Waals surface area (Å²) < 4.78 is 4.73. The van der Waals surface area contributed by atoms with Crippen LogP contribution < -0.4 is 0 Å². The van der Waals surface area contributed by atoms with Crippen LogP contribution in [-0.2, 0) is 14.1 Å². The molecule has 0 N–H and O–H groups in total. The maximum Gasteiger partial charge on any atom is 0.0727 e. The highest BCUT2D eigenvalue weighted by Crippen LogP contribution is 2.33. The molecule has 0 saturated carbocycles. The van der Waals surface area contributed by atoms with Crippen molar-refractivity contribution in [1.29, 1.82) is 0 Å². The molecule has 0 bridgehead atoms. The molecule has 0 amide bonds. The molecule has 3 rings (SSSR count). The standard InChI is InChI=1S/C18H24N2/c1-11(2)15-9-13-7-8-14-10-16(12(3)4)20(6)18(14)17(13)19(15)5/h7-12H,1-6H3. The smallest absolute Gasteiger partial charge is 0.0727 e. The van der Waals surface area contributed by atoms with Crippen molar-refractivity contribution in [2.45, 2.75) is 39.5 Å². The van der Waals surface area contributed by atoms with Gasteiger partial charge in [0.1, 0.15) is 0 Å². The molecule has 2 aromatic heterocycles. The number of fused-ring (bicyclic) bond motifs is 3. The molecule has 2 nitrogen and oxygen atoms in total. The Morgan fingerprint density at radius 1 is 0.700 bits per heavy atom. The first-order valence-electron chi connectivity index (χ1n) is 7.49. The number of benzene rings is 1. The van der Waals surface area contributed by atoms with Crippen LogP contribution in [0.5, 0.6) is 0 Å². The molecule has 0 radical (unpaired) electrons. The lowest BCUT2D eigenvalue weighted by Gasteiger charge is -2.10. The summed E-state index contributed by atoms with van der Waals surface area (Å²) in [5.74, 6) is 1.10. The molecular formula is C18H24N2. The minimum absolute atomic E-state index is 0.548. The summed E-state index contributed by atoms with van der Waals surface area (Å²) in [4.78, 5) is 0. The third kappa shape index (κ3) is 1.71. The van der Waals surface area contributed by atoms with E-state index < -0.39 is 0 Å². The van der Waals surface area contributed by atoms with Gasteiger partial charge in [-0.05, 0) is 24.0 Å². The van der Waals surface area contributed by atoms with Crippen LogP contribution in [0.4, 0.5) is 0 Å². The summed E-state index contributed by atoms with van der Waals surface area (Å²) in [5.41, 5.74) is 5.53. The molecule has 2 heteroatoms. The monoisotopic (exact) mass is 268 g/mol. The van der Waals surface area contributed by atoms with E-state index in [0.717, 1.165) is 0 Å². The molecule has 106 valence electrons. The average molecular weight is 268 g/mol. The van der Waals surface area contributed by atoms with E-state index in [9.17, 15) is 0 Å². The van der Waals surface area contributed by atoms with Crippen LogP contribution in [0, 0.1) is 0 Å². The van der Waals surface area contributed by atoms with Gasteiger partial charge in [0.15, 0.2) is 0 Å². The van der Waals surface area contributed by atoms with Gasteiger partial charge in [0.2, 0.25) is 0 Å². The molecule has 0 fully saturated rings. The lowest BCUT2D eigenvalue weighted by Crippen LogP contribution is -2.01. The minimum Gasteiger partial charge on any atom is -0.346 e. The number of hydrogen-bond acceptors (Lipinski definition) is 0. The quantitative estimate of drug-likeness (QED) is 0.624. The van der Waals surface area contributed by atoms with Crippen molar-refractivity contribution in [3.8, 4) is 0 Å².